The lowest BCUT2D eigenvalue weighted by molar-refractivity contribution is -0.129. The van der Waals surface area contributed by atoms with Crippen LogP contribution < -0.4 is 10.4 Å². The summed E-state index contributed by atoms with van der Waals surface area (Å²) in [6, 6.07) is 7.99. The molecule has 0 spiro atoms. The first kappa shape index (κ1) is 29.8. The Morgan fingerprint density at radius 2 is 1.95 bits per heavy atom. The summed E-state index contributed by atoms with van der Waals surface area (Å²) in [6.45, 7) is 5.77. The molecule has 43 heavy (non-hydrogen) atoms. The van der Waals surface area contributed by atoms with Crippen LogP contribution in [0.1, 0.15) is 19.3 Å². The SMILES string of the molecule is CS(=O)(=O)N1CCN(CC2CN(c3nc(-c4cccc5nn(CCCCC(=O)NO)cc45)nc4ccsc34)CCO2)CC1. The zero-order valence-electron chi connectivity index (χ0n) is 24.1. The molecule has 2 aliphatic rings. The Labute approximate surface area is 254 Å². The zero-order valence-corrected chi connectivity index (χ0v) is 25.7. The van der Waals surface area contributed by atoms with Crippen LogP contribution in [-0.2, 0) is 26.1 Å². The van der Waals surface area contributed by atoms with E-state index in [-0.39, 0.29) is 18.4 Å². The monoisotopic (exact) mass is 628 g/mol. The van der Waals surface area contributed by atoms with Crippen LogP contribution in [-0.4, -0.2) is 113 Å². The average Bonchev–Trinajstić information content (AvgIpc) is 3.65. The highest BCUT2D eigenvalue weighted by molar-refractivity contribution is 7.88. The molecule has 1 unspecified atom stereocenters. The molecule has 230 valence electrons. The van der Waals surface area contributed by atoms with Crippen LogP contribution in [0.25, 0.3) is 32.5 Å². The topological polar surface area (TPSA) is 146 Å². The number of hydrogen-bond acceptors (Lipinski definition) is 11. The number of nitrogens with zero attached hydrogens (tertiary/aromatic N) is 7. The highest BCUT2D eigenvalue weighted by Gasteiger charge is 2.29. The largest absolute Gasteiger partial charge is 0.373 e. The van der Waals surface area contributed by atoms with E-state index in [1.807, 2.05) is 40.5 Å². The Morgan fingerprint density at radius 1 is 1.12 bits per heavy atom. The number of sulfonamides is 1. The second-order valence-corrected chi connectivity index (χ2v) is 13.9. The molecule has 6 rings (SSSR count). The first-order valence-corrected chi connectivity index (χ1v) is 17.2. The summed E-state index contributed by atoms with van der Waals surface area (Å²) in [6.07, 6.45) is 4.92. The van der Waals surface area contributed by atoms with Crippen molar-refractivity contribution in [2.24, 2.45) is 0 Å². The van der Waals surface area contributed by atoms with Crippen molar-refractivity contribution in [3.63, 3.8) is 0 Å². The molecule has 2 saturated heterocycles. The van der Waals surface area contributed by atoms with E-state index in [0.717, 1.165) is 52.0 Å². The number of carbonyl (C=O) groups excluding carboxylic acids is 1. The van der Waals surface area contributed by atoms with Crippen molar-refractivity contribution in [2.75, 3.05) is 63.6 Å². The fourth-order valence-corrected chi connectivity index (χ4v) is 7.43. The number of hydrogen-bond donors (Lipinski definition) is 2. The van der Waals surface area contributed by atoms with Gasteiger partial charge in [0.05, 0.1) is 34.7 Å². The molecule has 0 bridgehead atoms. The summed E-state index contributed by atoms with van der Waals surface area (Å²) in [4.78, 5) is 25.9. The second-order valence-electron chi connectivity index (χ2n) is 11.0. The van der Waals surface area contributed by atoms with E-state index in [4.69, 9.17) is 25.0 Å². The van der Waals surface area contributed by atoms with Crippen molar-refractivity contribution < 1.29 is 23.2 Å². The molecule has 1 atom stereocenters. The van der Waals surface area contributed by atoms with Crippen molar-refractivity contribution in [3.05, 3.63) is 35.8 Å². The van der Waals surface area contributed by atoms with Gasteiger partial charge in [-0.1, -0.05) is 12.1 Å². The Balaban J connectivity index is 1.20. The van der Waals surface area contributed by atoms with E-state index in [9.17, 15) is 13.2 Å². The third-order valence-corrected chi connectivity index (χ3v) is 10.2. The number of morpholine rings is 1. The van der Waals surface area contributed by atoms with Gasteiger partial charge in [-0.15, -0.1) is 11.3 Å². The molecule has 13 nitrogen and oxygen atoms in total. The van der Waals surface area contributed by atoms with Crippen LogP contribution in [0.15, 0.2) is 35.8 Å². The van der Waals surface area contributed by atoms with Gasteiger partial charge in [0.1, 0.15) is 0 Å². The van der Waals surface area contributed by atoms with E-state index >= 15 is 0 Å². The number of unbranched alkanes of at least 4 members (excludes halogenated alkanes) is 1. The van der Waals surface area contributed by atoms with E-state index in [0.29, 0.717) is 58.1 Å². The number of rotatable bonds is 10. The van der Waals surface area contributed by atoms with Crippen molar-refractivity contribution in [1.82, 2.24) is 34.4 Å². The van der Waals surface area contributed by atoms with Crippen molar-refractivity contribution in [3.8, 4) is 11.4 Å². The van der Waals surface area contributed by atoms with Gasteiger partial charge >= 0.3 is 0 Å². The molecule has 0 saturated carbocycles. The van der Waals surface area contributed by atoms with Crippen molar-refractivity contribution in [1.29, 1.82) is 0 Å². The van der Waals surface area contributed by atoms with Crippen LogP contribution in [0.5, 0.6) is 0 Å². The number of benzene rings is 1. The molecule has 4 aromatic rings. The number of anilines is 1. The Morgan fingerprint density at radius 3 is 2.74 bits per heavy atom. The summed E-state index contributed by atoms with van der Waals surface area (Å²) in [7, 11) is -3.16. The maximum atomic E-state index is 11.9. The molecular formula is C28H36N8O5S2. The second kappa shape index (κ2) is 12.8. The number of carbonyl (C=O) groups is 1. The molecule has 1 aromatic carbocycles. The molecule has 2 N–H and O–H groups in total. The fourth-order valence-electron chi connectivity index (χ4n) is 5.75. The lowest BCUT2D eigenvalue weighted by Gasteiger charge is -2.39. The predicted octanol–water partition coefficient (Wildman–Crippen LogP) is 2.17. The molecule has 0 radical (unpaired) electrons. The van der Waals surface area contributed by atoms with E-state index in [1.165, 1.54) is 10.6 Å². The summed E-state index contributed by atoms with van der Waals surface area (Å²) in [5.41, 5.74) is 4.33. The van der Waals surface area contributed by atoms with Crippen LogP contribution in [0.3, 0.4) is 0 Å². The minimum Gasteiger partial charge on any atom is -0.373 e. The third kappa shape index (κ3) is 6.81. The number of hydroxylamine groups is 1. The number of nitrogens with one attached hydrogen (secondary N) is 1. The maximum Gasteiger partial charge on any atom is 0.243 e. The van der Waals surface area contributed by atoms with Gasteiger partial charge in [-0.2, -0.15) is 9.40 Å². The maximum absolute atomic E-state index is 11.9. The van der Waals surface area contributed by atoms with Gasteiger partial charge in [-0.25, -0.2) is 23.9 Å². The minimum atomic E-state index is -3.16. The molecule has 15 heteroatoms. The first-order chi connectivity index (χ1) is 20.8. The van der Waals surface area contributed by atoms with Crippen molar-refractivity contribution in [2.45, 2.75) is 31.9 Å². The number of amides is 1. The van der Waals surface area contributed by atoms with Gasteiger partial charge in [-0.05, 0) is 30.4 Å². The number of thiophene rings is 1. The fraction of sp³-hybridized carbons (Fsp3) is 0.500. The summed E-state index contributed by atoms with van der Waals surface area (Å²) >= 11 is 1.63. The smallest absolute Gasteiger partial charge is 0.243 e. The van der Waals surface area contributed by atoms with Gasteiger partial charge < -0.3 is 9.64 Å². The number of fused-ring (bicyclic) bond motifs is 2. The van der Waals surface area contributed by atoms with Gasteiger partial charge in [-0.3, -0.25) is 19.6 Å². The Kier molecular flexibility index (Phi) is 8.88. The molecule has 2 aliphatic heterocycles. The van der Waals surface area contributed by atoms with Gasteiger partial charge in [0, 0.05) is 75.9 Å². The number of aryl methyl sites for hydroxylation is 1. The standard InChI is InChI=1S/C28H36N8O5S2/c1-43(39,40)36-12-10-33(11-13-36)17-20-18-34(14-15-41-20)28-26-24(8-16-42-26)29-27(30-28)21-5-4-6-23-22(21)19-35(31-23)9-3-2-7-25(37)32-38/h4-6,8,16,19-20,38H,2-3,7,9-15,17-18H2,1H3,(H,32,37). The molecule has 2 fully saturated rings. The van der Waals surface area contributed by atoms with E-state index < -0.39 is 10.0 Å². The Hall–Kier alpha value is -3.21. The zero-order chi connectivity index (χ0) is 30.0. The normalized spacial score (nSPS) is 18.9. The van der Waals surface area contributed by atoms with Crippen LogP contribution in [0.4, 0.5) is 5.82 Å². The van der Waals surface area contributed by atoms with E-state index in [1.54, 1.807) is 16.8 Å². The first-order valence-electron chi connectivity index (χ1n) is 14.5. The predicted molar refractivity (Wildman–Crippen MR) is 165 cm³/mol. The van der Waals surface area contributed by atoms with E-state index in [2.05, 4.69) is 9.80 Å². The number of piperazine rings is 1. The average molecular weight is 629 g/mol. The molecule has 1 amide bonds. The molecule has 0 aliphatic carbocycles. The third-order valence-electron chi connectivity index (χ3n) is 7.99. The summed E-state index contributed by atoms with van der Waals surface area (Å²) < 4.78 is 34.4. The van der Waals surface area contributed by atoms with Gasteiger partial charge in [0.2, 0.25) is 15.9 Å². The van der Waals surface area contributed by atoms with Gasteiger partial charge in [0.15, 0.2) is 11.6 Å². The lowest BCUT2D eigenvalue weighted by Crippen LogP contribution is -2.53. The van der Waals surface area contributed by atoms with Crippen molar-refractivity contribution >= 4 is 54.2 Å². The highest BCUT2D eigenvalue weighted by Crippen LogP contribution is 2.34. The quantitative estimate of drug-likeness (QED) is 0.152. The molecule has 5 heterocycles. The Bertz CT molecular complexity index is 1700. The molecular weight excluding hydrogens is 592 g/mol. The van der Waals surface area contributed by atoms with Crippen LogP contribution >= 0.6 is 11.3 Å². The summed E-state index contributed by atoms with van der Waals surface area (Å²) in [5, 5.41) is 16.4. The van der Waals surface area contributed by atoms with Crippen LogP contribution in [0.2, 0.25) is 0 Å². The minimum absolute atomic E-state index is 0.0166. The number of aromatic nitrogens is 4. The van der Waals surface area contributed by atoms with Crippen LogP contribution in [0, 0.1) is 0 Å². The highest BCUT2D eigenvalue weighted by atomic mass is 32.2. The van der Waals surface area contributed by atoms with Gasteiger partial charge in [0.25, 0.3) is 0 Å². The number of ether oxygens (including phenoxy) is 1. The lowest BCUT2D eigenvalue weighted by atomic mass is 10.1. The molecule has 3 aromatic heterocycles. The summed E-state index contributed by atoms with van der Waals surface area (Å²) in [5.74, 6) is 1.16.